The molecule has 2 unspecified atom stereocenters. The van der Waals surface area contributed by atoms with Crippen molar-refractivity contribution >= 4 is 27.8 Å². The van der Waals surface area contributed by atoms with E-state index >= 15 is 0 Å². The second-order valence-corrected chi connectivity index (χ2v) is 12.6. The molecule has 13 heteroatoms. The molecule has 0 saturated heterocycles. The van der Waals surface area contributed by atoms with Crippen LogP contribution in [0, 0.1) is 0 Å². The van der Waals surface area contributed by atoms with E-state index in [9.17, 15) is 33.0 Å². The van der Waals surface area contributed by atoms with Crippen LogP contribution in [-0.4, -0.2) is 72.1 Å². The van der Waals surface area contributed by atoms with Crippen molar-refractivity contribution in [1.29, 1.82) is 0 Å². The number of carboxylic acid groups (broad SMARTS) is 1. The smallest absolute Gasteiger partial charge is 0.334 e. The number of benzene rings is 3. The van der Waals surface area contributed by atoms with E-state index in [0.717, 1.165) is 23.2 Å². The Bertz CT molecular complexity index is 1790. The lowest BCUT2D eigenvalue weighted by molar-refractivity contribution is -0.148. The number of hydrogen-bond acceptors (Lipinski definition) is 8. The maximum Gasteiger partial charge on any atom is 0.334 e. The molecule has 0 saturated carbocycles. The Kier molecular flexibility index (Phi) is 12.0. The number of aliphatic hydroxyl groups is 1. The van der Waals surface area contributed by atoms with Crippen LogP contribution in [0.15, 0.2) is 89.8 Å². The molecule has 3 aromatic carbocycles. The number of aliphatic carboxylic acids is 1. The van der Waals surface area contributed by atoms with E-state index in [-0.39, 0.29) is 30.0 Å². The van der Waals surface area contributed by atoms with Crippen molar-refractivity contribution < 1.29 is 37.8 Å². The number of carbonyl (C=O) groups is 3. The van der Waals surface area contributed by atoms with Gasteiger partial charge in [0.05, 0.1) is 30.5 Å². The minimum atomic E-state index is -4.14. The van der Waals surface area contributed by atoms with Crippen molar-refractivity contribution in [3.8, 4) is 11.1 Å². The summed E-state index contributed by atoms with van der Waals surface area (Å²) in [7, 11) is -2.71. The average molecular weight is 663 g/mol. The predicted octanol–water partition coefficient (Wildman–Crippen LogP) is 3.18. The summed E-state index contributed by atoms with van der Waals surface area (Å²) >= 11 is 0. The molecule has 0 aliphatic rings. The average Bonchev–Trinajstić information content (AvgIpc) is 3.46. The van der Waals surface area contributed by atoms with Gasteiger partial charge in [-0.1, -0.05) is 86.1 Å². The molecule has 248 valence electrons. The summed E-state index contributed by atoms with van der Waals surface area (Å²) in [6.45, 7) is 2.40. The Hall–Kier alpha value is -4.85. The second kappa shape index (κ2) is 16.1. The zero-order valence-electron chi connectivity index (χ0n) is 26.1. The maximum absolute atomic E-state index is 13.3. The van der Waals surface area contributed by atoms with Gasteiger partial charge in [-0.15, -0.1) is 0 Å². The Labute approximate surface area is 273 Å². The van der Waals surface area contributed by atoms with Gasteiger partial charge >= 0.3 is 5.97 Å². The Morgan fingerprint density at radius 2 is 1.64 bits per heavy atom. The topological polar surface area (TPSA) is 177 Å². The number of nitrogens with one attached hydrogen (secondary N) is 2. The third-order valence-corrected chi connectivity index (χ3v) is 8.84. The summed E-state index contributed by atoms with van der Waals surface area (Å²) in [5.74, 6) is -2.72. The molecular formula is C34H38N4O8S. The van der Waals surface area contributed by atoms with Crippen molar-refractivity contribution in [1.82, 2.24) is 19.8 Å². The highest BCUT2D eigenvalue weighted by atomic mass is 32.2. The number of carboxylic acids is 1. The molecule has 0 aliphatic heterocycles. The van der Waals surface area contributed by atoms with Crippen LogP contribution in [-0.2, 0) is 43.7 Å². The first-order valence-corrected chi connectivity index (χ1v) is 16.6. The van der Waals surface area contributed by atoms with Gasteiger partial charge in [-0.05, 0) is 41.7 Å². The highest BCUT2D eigenvalue weighted by Crippen LogP contribution is 2.28. The third kappa shape index (κ3) is 9.35. The fourth-order valence-electron chi connectivity index (χ4n) is 5.04. The van der Waals surface area contributed by atoms with Gasteiger partial charge < -0.3 is 20.3 Å². The molecule has 1 heterocycles. The summed E-state index contributed by atoms with van der Waals surface area (Å²) in [6, 6.07) is 23.1. The number of rotatable bonds is 16. The summed E-state index contributed by atoms with van der Waals surface area (Å²) in [5, 5.41) is 26.9. The van der Waals surface area contributed by atoms with E-state index in [1.807, 2.05) is 25.1 Å². The molecule has 0 spiro atoms. The molecule has 47 heavy (non-hydrogen) atoms. The van der Waals surface area contributed by atoms with Crippen LogP contribution in [0.25, 0.3) is 11.1 Å². The molecule has 4 rings (SSSR count). The molecular weight excluding hydrogens is 624 g/mol. The van der Waals surface area contributed by atoms with E-state index in [0.29, 0.717) is 24.1 Å². The number of aliphatic hydroxyl groups excluding tert-OH is 1. The maximum atomic E-state index is 13.3. The van der Waals surface area contributed by atoms with Crippen LogP contribution in [0.2, 0.25) is 0 Å². The van der Waals surface area contributed by atoms with Gasteiger partial charge in [0.2, 0.25) is 5.91 Å². The standard InChI is InChI=1S/C34H38N4O8S/c1-3-9-26-21-29(33(41)35-28(32(40)34(42)43)20-23-10-5-4-6-11-23)36-38(26)22-24-14-16-25(17-15-24)27-12-7-8-13-30(27)47(44,45)37-31(39)18-19-46-2/h4-8,10-17,21,28,32,40H,3,9,18-20,22H2,1-2H3,(H,35,41)(H,37,39)(H,42,43). The van der Waals surface area contributed by atoms with Gasteiger partial charge in [0, 0.05) is 18.4 Å². The normalized spacial score (nSPS) is 12.7. The van der Waals surface area contributed by atoms with Crippen molar-refractivity contribution in [3.63, 3.8) is 0 Å². The third-order valence-electron chi connectivity index (χ3n) is 7.41. The first kappa shape index (κ1) is 35.0. The van der Waals surface area contributed by atoms with E-state index in [1.165, 1.54) is 13.2 Å². The van der Waals surface area contributed by atoms with Crippen molar-refractivity contribution in [2.24, 2.45) is 0 Å². The number of ether oxygens (including phenoxy) is 1. The van der Waals surface area contributed by atoms with Crippen LogP contribution in [0.4, 0.5) is 0 Å². The van der Waals surface area contributed by atoms with Crippen LogP contribution < -0.4 is 10.0 Å². The van der Waals surface area contributed by atoms with Gasteiger partial charge in [0.1, 0.15) is 5.69 Å². The van der Waals surface area contributed by atoms with Gasteiger partial charge in [-0.3, -0.25) is 14.3 Å². The molecule has 1 aromatic heterocycles. The van der Waals surface area contributed by atoms with E-state index in [1.54, 1.807) is 65.3 Å². The molecule has 12 nitrogen and oxygen atoms in total. The monoisotopic (exact) mass is 662 g/mol. The molecule has 0 bridgehead atoms. The first-order valence-electron chi connectivity index (χ1n) is 15.1. The van der Waals surface area contributed by atoms with Crippen molar-refractivity contribution in [2.75, 3.05) is 13.7 Å². The van der Waals surface area contributed by atoms with Gasteiger partial charge in [-0.25, -0.2) is 17.9 Å². The number of nitrogens with zero attached hydrogens (tertiary/aromatic N) is 2. The summed E-state index contributed by atoms with van der Waals surface area (Å²) in [5.41, 5.74) is 3.51. The Morgan fingerprint density at radius 1 is 0.957 bits per heavy atom. The van der Waals surface area contributed by atoms with Crippen LogP contribution in [0.1, 0.15) is 47.1 Å². The lowest BCUT2D eigenvalue weighted by atomic mass is 10.0. The Balaban J connectivity index is 1.53. The second-order valence-electron chi connectivity index (χ2n) is 10.9. The van der Waals surface area contributed by atoms with Gasteiger partial charge in [-0.2, -0.15) is 5.10 Å². The van der Waals surface area contributed by atoms with Crippen LogP contribution >= 0.6 is 0 Å². The highest BCUT2D eigenvalue weighted by Gasteiger charge is 2.29. The van der Waals surface area contributed by atoms with E-state index in [2.05, 4.69) is 15.1 Å². The lowest BCUT2D eigenvalue weighted by Crippen LogP contribution is -2.48. The molecule has 2 atom stereocenters. The number of hydrogen-bond donors (Lipinski definition) is 4. The van der Waals surface area contributed by atoms with Crippen molar-refractivity contribution in [2.45, 2.75) is 56.2 Å². The zero-order valence-corrected chi connectivity index (χ0v) is 26.9. The predicted molar refractivity (Wildman–Crippen MR) is 174 cm³/mol. The number of aromatic nitrogens is 2. The van der Waals surface area contributed by atoms with E-state index < -0.39 is 40.0 Å². The largest absolute Gasteiger partial charge is 0.479 e. The zero-order chi connectivity index (χ0) is 34.0. The molecule has 4 aromatic rings. The molecule has 0 aliphatic carbocycles. The number of methoxy groups -OCH3 is 1. The van der Waals surface area contributed by atoms with Gasteiger partial charge in [0.15, 0.2) is 6.10 Å². The first-order chi connectivity index (χ1) is 22.5. The van der Waals surface area contributed by atoms with E-state index in [4.69, 9.17) is 4.74 Å². The lowest BCUT2D eigenvalue weighted by Gasteiger charge is -2.21. The number of sulfonamides is 1. The molecule has 4 N–H and O–H groups in total. The number of amides is 2. The minimum absolute atomic E-state index is 0.0370. The van der Waals surface area contributed by atoms with Crippen LogP contribution in [0.5, 0.6) is 0 Å². The summed E-state index contributed by atoms with van der Waals surface area (Å²) in [4.78, 5) is 36.9. The molecule has 0 radical (unpaired) electrons. The fraction of sp³-hybridized carbons (Fsp3) is 0.294. The Morgan fingerprint density at radius 3 is 2.30 bits per heavy atom. The van der Waals surface area contributed by atoms with Crippen molar-refractivity contribution in [3.05, 3.63) is 107 Å². The SMILES string of the molecule is CCCc1cc(C(=O)NC(Cc2ccccc2)C(O)C(=O)O)nn1Cc1ccc(-c2ccccc2S(=O)(=O)NC(=O)CCOC)cc1. The summed E-state index contributed by atoms with van der Waals surface area (Å²) < 4.78 is 34.7. The fourth-order valence-corrected chi connectivity index (χ4v) is 6.28. The number of aryl methyl sites for hydroxylation is 1. The van der Waals surface area contributed by atoms with Gasteiger partial charge in [0.25, 0.3) is 15.9 Å². The minimum Gasteiger partial charge on any atom is -0.479 e. The molecule has 2 amide bonds. The summed E-state index contributed by atoms with van der Waals surface area (Å²) in [6.07, 6.45) is -0.387. The number of carbonyl (C=O) groups excluding carboxylic acids is 2. The van der Waals surface area contributed by atoms with Crippen LogP contribution in [0.3, 0.4) is 0 Å². The highest BCUT2D eigenvalue weighted by molar-refractivity contribution is 7.90. The quantitative estimate of drug-likeness (QED) is 0.140. The molecule has 0 fully saturated rings.